The van der Waals surface area contributed by atoms with Gasteiger partial charge in [0.2, 0.25) is 11.8 Å². The summed E-state index contributed by atoms with van der Waals surface area (Å²) in [5, 5.41) is 3.61. The summed E-state index contributed by atoms with van der Waals surface area (Å²) in [7, 11) is 3.54. The number of ether oxygens (including phenoxy) is 1. The molecule has 3 heterocycles. The molecule has 3 fully saturated rings. The van der Waals surface area contributed by atoms with Crippen LogP contribution >= 0.6 is 0 Å². The fourth-order valence-electron chi connectivity index (χ4n) is 4.17. The maximum atomic E-state index is 12.7. The summed E-state index contributed by atoms with van der Waals surface area (Å²) in [6.07, 6.45) is 4.91. The Bertz CT molecular complexity index is 430. The highest BCUT2D eigenvalue weighted by Gasteiger charge is 2.40. The van der Waals surface area contributed by atoms with Crippen molar-refractivity contribution >= 4 is 11.8 Å². The van der Waals surface area contributed by atoms with E-state index < -0.39 is 0 Å². The molecule has 0 spiro atoms. The minimum atomic E-state index is -0.179. The van der Waals surface area contributed by atoms with Crippen LogP contribution in [-0.4, -0.2) is 73.6 Å². The van der Waals surface area contributed by atoms with Crippen LogP contribution < -0.4 is 5.32 Å². The first kappa shape index (κ1) is 15.7. The molecule has 2 bridgehead atoms. The highest BCUT2D eigenvalue weighted by molar-refractivity contribution is 5.89. The molecule has 0 saturated carbocycles. The van der Waals surface area contributed by atoms with Gasteiger partial charge >= 0.3 is 0 Å². The molecular formula is C16H27N3O3. The molecule has 3 unspecified atom stereocenters. The zero-order valence-electron chi connectivity index (χ0n) is 13.6. The molecule has 0 aliphatic carbocycles. The summed E-state index contributed by atoms with van der Waals surface area (Å²) < 4.78 is 5.02. The van der Waals surface area contributed by atoms with E-state index in [-0.39, 0.29) is 17.7 Å². The first-order valence-electron chi connectivity index (χ1n) is 8.38. The first-order chi connectivity index (χ1) is 10.6. The Morgan fingerprint density at radius 1 is 1.36 bits per heavy atom. The lowest BCUT2D eigenvalue weighted by Gasteiger charge is -2.36. The van der Waals surface area contributed by atoms with Gasteiger partial charge in [-0.25, -0.2) is 0 Å². The summed E-state index contributed by atoms with van der Waals surface area (Å²) in [6.45, 7) is 1.66. The Kier molecular flexibility index (Phi) is 4.68. The quantitative estimate of drug-likeness (QED) is 0.789. The number of fused-ring (bicyclic) bond motifs is 2. The fourth-order valence-corrected chi connectivity index (χ4v) is 4.17. The van der Waals surface area contributed by atoms with Gasteiger partial charge in [-0.3, -0.25) is 9.59 Å². The number of hydrogen-bond acceptors (Lipinski definition) is 4. The van der Waals surface area contributed by atoms with Crippen LogP contribution in [0, 0.1) is 5.92 Å². The van der Waals surface area contributed by atoms with Crippen LogP contribution in [0.15, 0.2) is 0 Å². The highest BCUT2D eigenvalue weighted by atomic mass is 16.5. The third-order valence-corrected chi connectivity index (χ3v) is 5.47. The summed E-state index contributed by atoms with van der Waals surface area (Å²) >= 11 is 0. The molecule has 0 aromatic heterocycles. The molecule has 3 aliphatic rings. The molecule has 3 rings (SSSR count). The third-order valence-electron chi connectivity index (χ3n) is 5.47. The molecule has 3 saturated heterocycles. The number of piperidine rings is 1. The second-order valence-corrected chi connectivity index (χ2v) is 6.95. The Hall–Kier alpha value is -1.14. The predicted molar refractivity (Wildman–Crippen MR) is 82.3 cm³/mol. The van der Waals surface area contributed by atoms with Gasteiger partial charge in [0.15, 0.2) is 0 Å². The number of hydrogen-bond donors (Lipinski definition) is 1. The second-order valence-electron chi connectivity index (χ2n) is 6.95. The van der Waals surface area contributed by atoms with Gasteiger partial charge in [0.1, 0.15) is 0 Å². The van der Waals surface area contributed by atoms with Gasteiger partial charge in [-0.15, -0.1) is 0 Å². The summed E-state index contributed by atoms with van der Waals surface area (Å²) in [5.74, 6) is 0.0376. The van der Waals surface area contributed by atoms with Crippen molar-refractivity contribution in [3.8, 4) is 0 Å². The van der Waals surface area contributed by atoms with Gasteiger partial charge in [0.25, 0.3) is 0 Å². The number of nitrogens with one attached hydrogen (secondary N) is 1. The van der Waals surface area contributed by atoms with Crippen molar-refractivity contribution in [1.29, 1.82) is 0 Å². The average Bonchev–Trinajstić information content (AvgIpc) is 3.05. The Balaban J connectivity index is 1.56. The summed E-state index contributed by atoms with van der Waals surface area (Å²) in [4.78, 5) is 28.4. The zero-order chi connectivity index (χ0) is 15.7. The van der Waals surface area contributed by atoms with Gasteiger partial charge in [0, 0.05) is 51.8 Å². The molecule has 0 aromatic rings. The number of rotatable bonds is 5. The van der Waals surface area contributed by atoms with Gasteiger partial charge in [-0.1, -0.05) is 0 Å². The number of amides is 2. The van der Waals surface area contributed by atoms with Crippen LogP contribution in [0.3, 0.4) is 0 Å². The molecule has 6 heteroatoms. The molecule has 3 atom stereocenters. The van der Waals surface area contributed by atoms with E-state index in [2.05, 4.69) is 5.32 Å². The molecule has 22 heavy (non-hydrogen) atoms. The van der Waals surface area contributed by atoms with Crippen LogP contribution in [0.1, 0.15) is 32.1 Å². The lowest BCUT2D eigenvalue weighted by atomic mass is 9.97. The predicted octanol–water partition coefficient (Wildman–Crippen LogP) is 0.223. The largest absolute Gasteiger partial charge is 0.383 e. The van der Waals surface area contributed by atoms with E-state index in [1.165, 1.54) is 12.8 Å². The fraction of sp³-hybridized carbons (Fsp3) is 0.875. The minimum absolute atomic E-state index is 0.0779. The lowest BCUT2D eigenvalue weighted by molar-refractivity contribution is -0.137. The maximum absolute atomic E-state index is 12.7. The van der Waals surface area contributed by atoms with Crippen LogP contribution in [0.25, 0.3) is 0 Å². The SMILES string of the molecule is COCCN1CC(C(=O)N(C)C2CC3CCC(C2)N3)CC1=O. The Morgan fingerprint density at radius 3 is 2.68 bits per heavy atom. The smallest absolute Gasteiger partial charge is 0.227 e. The molecule has 0 radical (unpaired) electrons. The van der Waals surface area contributed by atoms with Gasteiger partial charge < -0.3 is 19.9 Å². The van der Waals surface area contributed by atoms with E-state index in [0.717, 1.165) is 12.8 Å². The van der Waals surface area contributed by atoms with Crippen molar-refractivity contribution in [1.82, 2.24) is 15.1 Å². The number of likely N-dealkylation sites (tertiary alicyclic amines) is 1. The van der Waals surface area contributed by atoms with Crippen molar-refractivity contribution in [2.75, 3.05) is 33.9 Å². The molecule has 6 nitrogen and oxygen atoms in total. The third kappa shape index (κ3) is 3.13. The summed E-state index contributed by atoms with van der Waals surface area (Å²) in [5.41, 5.74) is 0. The Morgan fingerprint density at radius 2 is 2.05 bits per heavy atom. The highest BCUT2D eigenvalue weighted by Crippen LogP contribution is 2.30. The topological polar surface area (TPSA) is 61.9 Å². The number of methoxy groups -OCH3 is 1. The normalized spacial score (nSPS) is 34.3. The van der Waals surface area contributed by atoms with E-state index >= 15 is 0 Å². The van der Waals surface area contributed by atoms with E-state index in [1.807, 2.05) is 11.9 Å². The van der Waals surface area contributed by atoms with E-state index in [9.17, 15) is 9.59 Å². The minimum Gasteiger partial charge on any atom is -0.383 e. The molecule has 2 amide bonds. The van der Waals surface area contributed by atoms with E-state index in [4.69, 9.17) is 4.74 Å². The summed E-state index contributed by atoms with van der Waals surface area (Å²) in [6, 6.07) is 1.47. The van der Waals surface area contributed by atoms with Gasteiger partial charge in [0.05, 0.1) is 12.5 Å². The van der Waals surface area contributed by atoms with Crippen LogP contribution in [0.2, 0.25) is 0 Å². The van der Waals surface area contributed by atoms with E-state index in [1.54, 1.807) is 12.0 Å². The Labute approximate surface area is 132 Å². The molecular weight excluding hydrogens is 282 g/mol. The lowest BCUT2D eigenvalue weighted by Crippen LogP contribution is -2.50. The monoisotopic (exact) mass is 309 g/mol. The van der Waals surface area contributed by atoms with E-state index in [0.29, 0.717) is 44.2 Å². The van der Waals surface area contributed by atoms with Crippen molar-refractivity contribution in [2.24, 2.45) is 5.92 Å². The second kappa shape index (κ2) is 6.54. The maximum Gasteiger partial charge on any atom is 0.227 e. The number of nitrogens with zero attached hydrogens (tertiary/aromatic N) is 2. The molecule has 124 valence electrons. The van der Waals surface area contributed by atoms with Crippen molar-refractivity contribution in [3.05, 3.63) is 0 Å². The average molecular weight is 309 g/mol. The van der Waals surface area contributed by atoms with Gasteiger partial charge in [-0.2, -0.15) is 0 Å². The number of carbonyl (C=O) groups is 2. The van der Waals surface area contributed by atoms with Gasteiger partial charge in [-0.05, 0) is 25.7 Å². The van der Waals surface area contributed by atoms with Crippen molar-refractivity contribution < 1.29 is 14.3 Å². The van der Waals surface area contributed by atoms with Crippen molar-refractivity contribution in [3.63, 3.8) is 0 Å². The van der Waals surface area contributed by atoms with Crippen LogP contribution in [0.5, 0.6) is 0 Å². The number of carbonyl (C=O) groups excluding carboxylic acids is 2. The first-order valence-corrected chi connectivity index (χ1v) is 8.38. The zero-order valence-corrected chi connectivity index (χ0v) is 13.6. The van der Waals surface area contributed by atoms with Crippen LogP contribution in [-0.2, 0) is 14.3 Å². The standard InChI is InChI=1S/C16H27N3O3/c1-18(14-8-12-3-4-13(9-14)17-12)16(21)11-7-15(20)19(10-11)5-6-22-2/h11-14,17H,3-10H2,1-2H3. The molecule has 0 aromatic carbocycles. The van der Waals surface area contributed by atoms with Crippen LogP contribution in [0.4, 0.5) is 0 Å². The molecule has 3 aliphatic heterocycles. The molecule has 1 N–H and O–H groups in total. The van der Waals surface area contributed by atoms with Crippen molar-refractivity contribution in [2.45, 2.75) is 50.2 Å².